The fraction of sp³-hybridized carbons (Fsp3) is 0.750. The third-order valence-electron chi connectivity index (χ3n) is 4.13. The lowest BCUT2D eigenvalue weighted by molar-refractivity contribution is -0.147. The summed E-state index contributed by atoms with van der Waals surface area (Å²) in [7, 11) is 0. The summed E-state index contributed by atoms with van der Waals surface area (Å²) in [6.45, 7) is 0. The van der Waals surface area contributed by atoms with Crippen molar-refractivity contribution in [3.05, 3.63) is 12.2 Å². The first kappa shape index (κ1) is 17.6. The van der Waals surface area contributed by atoms with Gasteiger partial charge in [-0.05, 0) is 51.4 Å². The molecule has 0 atom stereocenters. The minimum absolute atomic E-state index is 0.0952. The van der Waals surface area contributed by atoms with Crippen LogP contribution < -0.4 is 0 Å². The van der Waals surface area contributed by atoms with E-state index < -0.39 is 11.9 Å². The Bertz CT molecular complexity index is 370. The molecule has 4 nitrogen and oxygen atoms in total. The monoisotopic (exact) mass is 348 g/mol. The number of hydrogen-bond acceptors (Lipinski definition) is 4. The first-order valence-corrected chi connectivity index (χ1v) is 8.77. The summed E-state index contributed by atoms with van der Waals surface area (Å²) in [5.74, 6) is -1.00. The van der Waals surface area contributed by atoms with E-state index in [-0.39, 0.29) is 23.0 Å². The molecule has 2 rings (SSSR count). The van der Waals surface area contributed by atoms with E-state index in [9.17, 15) is 9.59 Å². The molecule has 0 heterocycles. The van der Waals surface area contributed by atoms with Crippen molar-refractivity contribution in [3.63, 3.8) is 0 Å². The normalized spacial score (nSPS) is 32.6. The lowest BCUT2D eigenvalue weighted by Gasteiger charge is -2.24. The summed E-state index contributed by atoms with van der Waals surface area (Å²) in [5.41, 5.74) is 0. The molecule has 6 heteroatoms. The maximum absolute atomic E-state index is 11.7. The maximum Gasteiger partial charge on any atom is 0.331 e. The van der Waals surface area contributed by atoms with Gasteiger partial charge in [-0.15, -0.1) is 23.2 Å². The Morgan fingerprint density at radius 2 is 1.00 bits per heavy atom. The Hall–Kier alpha value is -0.740. The molecule has 0 radical (unpaired) electrons. The van der Waals surface area contributed by atoms with Gasteiger partial charge in [-0.25, -0.2) is 9.59 Å². The molecule has 0 unspecified atom stereocenters. The average molecular weight is 349 g/mol. The molecular formula is C16H22Cl2O4. The van der Waals surface area contributed by atoms with Gasteiger partial charge in [0.1, 0.15) is 12.2 Å². The molecular weight excluding hydrogens is 327 g/mol. The molecule has 0 aromatic heterocycles. The van der Waals surface area contributed by atoms with E-state index in [1.54, 1.807) is 0 Å². The molecule has 0 aliphatic heterocycles. The van der Waals surface area contributed by atoms with Gasteiger partial charge in [0.15, 0.2) is 0 Å². The smallest absolute Gasteiger partial charge is 0.331 e. The number of carbonyl (C=O) groups is 2. The van der Waals surface area contributed by atoms with Crippen LogP contribution in [0.3, 0.4) is 0 Å². The molecule has 2 aliphatic carbocycles. The second-order valence-corrected chi connectivity index (χ2v) is 7.19. The van der Waals surface area contributed by atoms with E-state index in [1.165, 1.54) is 0 Å². The second kappa shape index (κ2) is 8.78. The summed E-state index contributed by atoms with van der Waals surface area (Å²) in [6, 6.07) is 0. The zero-order chi connectivity index (χ0) is 15.9. The molecule has 0 saturated heterocycles. The van der Waals surface area contributed by atoms with Crippen LogP contribution >= 0.6 is 23.2 Å². The molecule has 2 aliphatic rings. The minimum atomic E-state index is -0.501. The SMILES string of the molecule is O=C(/C=C/C(=O)OC1CCC(Cl)CC1)OC1CCC(Cl)CC1. The van der Waals surface area contributed by atoms with Crippen molar-refractivity contribution in [1.29, 1.82) is 0 Å². The van der Waals surface area contributed by atoms with Gasteiger partial charge in [-0.1, -0.05) is 0 Å². The van der Waals surface area contributed by atoms with Gasteiger partial charge in [0.05, 0.1) is 0 Å². The molecule has 0 amide bonds. The summed E-state index contributed by atoms with van der Waals surface area (Å²) in [4.78, 5) is 23.3. The van der Waals surface area contributed by atoms with Crippen LogP contribution in [0.5, 0.6) is 0 Å². The average Bonchev–Trinajstić information content (AvgIpc) is 2.50. The third-order valence-corrected chi connectivity index (χ3v) is 5.00. The zero-order valence-corrected chi connectivity index (χ0v) is 14.0. The predicted octanol–water partition coefficient (Wildman–Crippen LogP) is 3.73. The lowest BCUT2D eigenvalue weighted by atomic mass is 9.97. The van der Waals surface area contributed by atoms with Crippen molar-refractivity contribution in [3.8, 4) is 0 Å². The van der Waals surface area contributed by atoms with Crippen molar-refractivity contribution in [2.45, 2.75) is 74.3 Å². The van der Waals surface area contributed by atoms with Crippen LogP contribution in [0, 0.1) is 0 Å². The fourth-order valence-electron chi connectivity index (χ4n) is 2.82. The minimum Gasteiger partial charge on any atom is -0.459 e. The summed E-state index contributed by atoms with van der Waals surface area (Å²) >= 11 is 12.0. The van der Waals surface area contributed by atoms with Crippen LogP contribution in [0.4, 0.5) is 0 Å². The van der Waals surface area contributed by atoms with Crippen LogP contribution in [-0.4, -0.2) is 34.9 Å². The van der Waals surface area contributed by atoms with Crippen molar-refractivity contribution in [1.82, 2.24) is 0 Å². The van der Waals surface area contributed by atoms with Crippen molar-refractivity contribution in [2.75, 3.05) is 0 Å². The number of rotatable bonds is 4. The molecule has 22 heavy (non-hydrogen) atoms. The summed E-state index contributed by atoms with van der Waals surface area (Å²) < 4.78 is 10.6. The quantitative estimate of drug-likeness (QED) is 0.441. The Morgan fingerprint density at radius 3 is 1.32 bits per heavy atom. The largest absolute Gasteiger partial charge is 0.459 e. The standard InChI is InChI=1S/C16H22Cl2O4/c17-11-1-5-13(6-2-11)21-15(19)9-10-16(20)22-14-7-3-12(18)4-8-14/h9-14H,1-8H2/b10-9+. The van der Waals surface area contributed by atoms with Crippen molar-refractivity contribution >= 4 is 35.1 Å². The predicted molar refractivity (Wildman–Crippen MR) is 85.1 cm³/mol. The van der Waals surface area contributed by atoms with Crippen LogP contribution in [0.15, 0.2) is 12.2 Å². The van der Waals surface area contributed by atoms with E-state index in [0.29, 0.717) is 0 Å². The number of halogens is 2. The van der Waals surface area contributed by atoms with Crippen LogP contribution in [-0.2, 0) is 19.1 Å². The summed E-state index contributed by atoms with van der Waals surface area (Å²) in [5, 5.41) is 0.368. The Balaban J connectivity index is 1.67. The van der Waals surface area contributed by atoms with E-state index in [4.69, 9.17) is 32.7 Å². The number of hydrogen-bond donors (Lipinski definition) is 0. The highest BCUT2D eigenvalue weighted by molar-refractivity contribution is 6.20. The van der Waals surface area contributed by atoms with Crippen LogP contribution in [0.1, 0.15) is 51.4 Å². The highest BCUT2D eigenvalue weighted by Crippen LogP contribution is 2.26. The second-order valence-electron chi connectivity index (χ2n) is 5.96. The number of esters is 2. The van der Waals surface area contributed by atoms with Gasteiger partial charge in [0, 0.05) is 22.9 Å². The van der Waals surface area contributed by atoms with E-state index >= 15 is 0 Å². The van der Waals surface area contributed by atoms with E-state index in [2.05, 4.69) is 0 Å². The number of alkyl halides is 2. The molecule has 0 aromatic carbocycles. The fourth-order valence-corrected chi connectivity index (χ4v) is 3.33. The van der Waals surface area contributed by atoms with Gasteiger partial charge in [0.2, 0.25) is 0 Å². The van der Waals surface area contributed by atoms with Gasteiger partial charge < -0.3 is 9.47 Å². The van der Waals surface area contributed by atoms with E-state index in [1.807, 2.05) is 0 Å². The molecule has 2 fully saturated rings. The molecule has 0 aromatic rings. The Labute approximate surface area is 141 Å². The molecule has 0 N–H and O–H groups in total. The van der Waals surface area contributed by atoms with Gasteiger partial charge in [-0.3, -0.25) is 0 Å². The molecule has 2 saturated carbocycles. The van der Waals surface area contributed by atoms with Gasteiger partial charge >= 0.3 is 11.9 Å². The maximum atomic E-state index is 11.7. The zero-order valence-electron chi connectivity index (χ0n) is 12.5. The first-order chi connectivity index (χ1) is 10.5. The number of carbonyl (C=O) groups excluding carboxylic acids is 2. The number of ether oxygens (including phenoxy) is 2. The van der Waals surface area contributed by atoms with Crippen LogP contribution in [0.2, 0.25) is 0 Å². The molecule has 124 valence electrons. The topological polar surface area (TPSA) is 52.6 Å². The molecule has 0 spiro atoms. The van der Waals surface area contributed by atoms with Gasteiger partial charge in [-0.2, -0.15) is 0 Å². The lowest BCUT2D eigenvalue weighted by Crippen LogP contribution is -2.25. The van der Waals surface area contributed by atoms with Crippen molar-refractivity contribution in [2.24, 2.45) is 0 Å². The summed E-state index contributed by atoms with van der Waals surface area (Å²) in [6.07, 6.45) is 8.63. The highest BCUT2D eigenvalue weighted by atomic mass is 35.5. The Morgan fingerprint density at radius 1 is 0.682 bits per heavy atom. The van der Waals surface area contributed by atoms with Crippen molar-refractivity contribution < 1.29 is 19.1 Å². The highest BCUT2D eigenvalue weighted by Gasteiger charge is 2.23. The first-order valence-electron chi connectivity index (χ1n) is 7.90. The van der Waals surface area contributed by atoms with E-state index in [0.717, 1.165) is 63.5 Å². The van der Waals surface area contributed by atoms with Gasteiger partial charge in [0.25, 0.3) is 0 Å². The molecule has 0 bridgehead atoms. The van der Waals surface area contributed by atoms with Crippen LogP contribution in [0.25, 0.3) is 0 Å². The Kier molecular flexibility index (Phi) is 7.03. The third kappa shape index (κ3) is 6.17.